The summed E-state index contributed by atoms with van der Waals surface area (Å²) in [6.07, 6.45) is 3.13. The Hall–Kier alpha value is -4.75. The van der Waals surface area contributed by atoms with Crippen LogP contribution in [0.15, 0.2) is 67.0 Å². The van der Waals surface area contributed by atoms with Gasteiger partial charge in [-0.25, -0.2) is 19.6 Å². The van der Waals surface area contributed by atoms with Gasteiger partial charge in [-0.3, -0.25) is 14.9 Å². The van der Waals surface area contributed by atoms with Crippen LogP contribution in [0.1, 0.15) is 9.67 Å². The number of para-hydroxylation sites is 1. The lowest BCUT2D eigenvalue weighted by molar-refractivity contribution is -0.380. The number of nitrogens with one attached hydrogen (secondary N) is 1. The first-order valence-electron chi connectivity index (χ1n) is 11.0. The zero-order chi connectivity index (χ0) is 25.8. The number of benzene rings is 1. The topological polar surface area (TPSA) is 147 Å². The number of pyridine rings is 1. The molecule has 0 aliphatic rings. The van der Waals surface area contributed by atoms with Crippen molar-refractivity contribution in [3.05, 3.63) is 82.0 Å². The summed E-state index contributed by atoms with van der Waals surface area (Å²) in [7, 11) is 1.59. The molecule has 0 saturated heterocycles. The van der Waals surface area contributed by atoms with E-state index in [4.69, 9.17) is 14.5 Å². The van der Waals surface area contributed by atoms with Gasteiger partial charge >= 0.3 is 5.00 Å². The molecule has 0 saturated carbocycles. The minimum atomic E-state index is -0.540. The molecule has 13 heteroatoms. The zero-order valence-corrected chi connectivity index (χ0v) is 20.2. The van der Waals surface area contributed by atoms with E-state index in [2.05, 4.69) is 20.4 Å². The first-order chi connectivity index (χ1) is 18.0. The second-order valence-electron chi connectivity index (χ2n) is 7.60. The summed E-state index contributed by atoms with van der Waals surface area (Å²) < 4.78 is 12.1. The number of carbonyl (C=O) groups is 1. The number of methoxy groups -OCH3 is 1. The Morgan fingerprint density at radius 3 is 2.62 bits per heavy atom. The lowest BCUT2D eigenvalue weighted by Gasteiger charge is -2.09. The fraction of sp³-hybridized carbons (Fsp3) is 0.125. The largest absolute Gasteiger partial charge is 0.475 e. The molecule has 5 aromatic rings. The fourth-order valence-corrected chi connectivity index (χ4v) is 4.15. The number of aromatic nitrogens is 5. The molecule has 0 aliphatic heterocycles. The van der Waals surface area contributed by atoms with Gasteiger partial charge in [0, 0.05) is 31.0 Å². The van der Waals surface area contributed by atoms with Crippen LogP contribution in [-0.4, -0.2) is 55.9 Å². The molecule has 0 unspecified atom stereocenters. The third-order valence-corrected chi connectivity index (χ3v) is 6.22. The van der Waals surface area contributed by atoms with Gasteiger partial charge < -0.3 is 14.8 Å². The molecule has 0 fully saturated rings. The van der Waals surface area contributed by atoms with Gasteiger partial charge in [-0.1, -0.05) is 29.5 Å². The van der Waals surface area contributed by atoms with E-state index in [1.54, 1.807) is 36.3 Å². The molecule has 0 aliphatic carbocycles. The quantitative estimate of drug-likeness (QED) is 0.173. The smallest absolute Gasteiger partial charge is 0.324 e. The van der Waals surface area contributed by atoms with Crippen molar-refractivity contribution in [2.75, 3.05) is 25.6 Å². The number of thiophene rings is 1. The SMILES string of the molecule is COCCOc1ccc(-c2nc(NC(=O)c3ccc([N+](=O)[O-])s3)c3cnn(-c4ccccc4)c3n2)cn1. The van der Waals surface area contributed by atoms with E-state index in [1.165, 1.54) is 12.1 Å². The van der Waals surface area contributed by atoms with Crippen molar-refractivity contribution in [3.63, 3.8) is 0 Å². The molecular formula is C24H19N7O5S. The average molecular weight is 518 g/mol. The summed E-state index contributed by atoms with van der Waals surface area (Å²) in [5.41, 5.74) is 1.82. The van der Waals surface area contributed by atoms with Crippen LogP contribution in [0, 0.1) is 10.1 Å². The summed E-state index contributed by atoms with van der Waals surface area (Å²) in [5.74, 6) is 0.401. The van der Waals surface area contributed by atoms with Crippen LogP contribution >= 0.6 is 11.3 Å². The highest BCUT2D eigenvalue weighted by molar-refractivity contribution is 7.17. The van der Waals surface area contributed by atoms with E-state index in [0.29, 0.717) is 41.5 Å². The van der Waals surface area contributed by atoms with E-state index in [-0.39, 0.29) is 15.7 Å². The van der Waals surface area contributed by atoms with Gasteiger partial charge in [-0.05, 0) is 24.3 Å². The number of hydrogen-bond donors (Lipinski definition) is 1. The Morgan fingerprint density at radius 1 is 1.08 bits per heavy atom. The summed E-state index contributed by atoms with van der Waals surface area (Å²) in [4.78, 5) is 37.2. The number of nitro groups is 1. The Kier molecular flexibility index (Phi) is 6.78. The van der Waals surface area contributed by atoms with E-state index in [9.17, 15) is 14.9 Å². The third-order valence-electron chi connectivity index (χ3n) is 5.19. The van der Waals surface area contributed by atoms with E-state index in [1.807, 2.05) is 30.3 Å². The minimum Gasteiger partial charge on any atom is -0.475 e. The highest BCUT2D eigenvalue weighted by atomic mass is 32.1. The van der Waals surface area contributed by atoms with Crippen LogP contribution in [0.5, 0.6) is 5.88 Å². The number of fused-ring (bicyclic) bond motifs is 1. The van der Waals surface area contributed by atoms with Crippen molar-refractivity contribution in [3.8, 4) is 23.0 Å². The van der Waals surface area contributed by atoms with Crippen molar-refractivity contribution in [1.82, 2.24) is 24.7 Å². The average Bonchev–Trinajstić information content (AvgIpc) is 3.58. The van der Waals surface area contributed by atoms with Gasteiger partial charge in [0.15, 0.2) is 11.5 Å². The summed E-state index contributed by atoms with van der Waals surface area (Å²) in [5, 5.41) is 18.6. The normalized spacial score (nSPS) is 10.9. The number of amides is 1. The number of rotatable bonds is 9. The Balaban J connectivity index is 1.55. The highest BCUT2D eigenvalue weighted by Crippen LogP contribution is 2.29. The monoisotopic (exact) mass is 517 g/mol. The molecule has 1 N–H and O–H groups in total. The number of hydrogen-bond acceptors (Lipinski definition) is 10. The minimum absolute atomic E-state index is 0.130. The van der Waals surface area contributed by atoms with Crippen LogP contribution in [0.4, 0.5) is 10.8 Å². The zero-order valence-electron chi connectivity index (χ0n) is 19.4. The van der Waals surface area contributed by atoms with Crippen LogP contribution in [-0.2, 0) is 4.74 Å². The fourth-order valence-electron chi connectivity index (χ4n) is 3.44. The maximum Gasteiger partial charge on any atom is 0.324 e. The molecular weight excluding hydrogens is 498 g/mol. The highest BCUT2D eigenvalue weighted by Gasteiger charge is 2.20. The van der Waals surface area contributed by atoms with Crippen molar-refractivity contribution in [2.24, 2.45) is 0 Å². The van der Waals surface area contributed by atoms with Gasteiger partial charge in [-0.2, -0.15) is 5.10 Å². The second-order valence-corrected chi connectivity index (χ2v) is 8.66. The molecule has 12 nitrogen and oxygen atoms in total. The molecule has 5 rings (SSSR count). The molecule has 0 radical (unpaired) electrons. The van der Waals surface area contributed by atoms with Crippen molar-refractivity contribution in [2.45, 2.75) is 0 Å². The number of anilines is 1. The summed E-state index contributed by atoms with van der Waals surface area (Å²) in [6, 6.07) is 15.5. The lowest BCUT2D eigenvalue weighted by atomic mass is 10.2. The molecule has 1 amide bonds. The third kappa shape index (κ3) is 5.12. The van der Waals surface area contributed by atoms with E-state index >= 15 is 0 Å². The standard InChI is InChI=1S/C24H19N7O5S/c1-35-11-12-36-19-9-7-15(13-25-19)21-27-22(29-24(32)18-8-10-20(37-18)31(33)34)17-14-26-30(23(17)28-21)16-5-3-2-4-6-16/h2-10,13-14H,11-12H2,1H3,(H,27,28,29,32). The Morgan fingerprint density at radius 2 is 1.92 bits per heavy atom. The first kappa shape index (κ1) is 24.0. The van der Waals surface area contributed by atoms with Crippen LogP contribution in [0.25, 0.3) is 28.1 Å². The molecule has 37 heavy (non-hydrogen) atoms. The summed E-state index contributed by atoms with van der Waals surface area (Å²) in [6.45, 7) is 0.793. The van der Waals surface area contributed by atoms with Crippen LogP contribution in [0.3, 0.4) is 0 Å². The number of nitrogens with zero attached hydrogens (tertiary/aromatic N) is 6. The van der Waals surface area contributed by atoms with E-state index in [0.717, 1.165) is 17.0 Å². The molecule has 4 aromatic heterocycles. The van der Waals surface area contributed by atoms with Gasteiger partial charge in [0.25, 0.3) is 5.91 Å². The maximum absolute atomic E-state index is 12.9. The Labute approximate surface area is 213 Å². The van der Waals surface area contributed by atoms with Crippen LogP contribution < -0.4 is 10.1 Å². The summed E-state index contributed by atoms with van der Waals surface area (Å²) >= 11 is 0.778. The van der Waals surface area contributed by atoms with Gasteiger partial charge in [0.1, 0.15) is 12.4 Å². The van der Waals surface area contributed by atoms with Crippen molar-refractivity contribution in [1.29, 1.82) is 0 Å². The molecule has 0 atom stereocenters. The first-order valence-corrected chi connectivity index (χ1v) is 11.8. The van der Waals surface area contributed by atoms with E-state index < -0.39 is 10.8 Å². The molecule has 186 valence electrons. The van der Waals surface area contributed by atoms with Gasteiger partial charge in [0.05, 0.1) is 33.7 Å². The molecule has 1 aromatic carbocycles. The molecule has 4 heterocycles. The predicted octanol–water partition coefficient (Wildman–Crippen LogP) is 4.12. The van der Waals surface area contributed by atoms with Gasteiger partial charge in [-0.15, -0.1) is 0 Å². The maximum atomic E-state index is 12.9. The number of ether oxygens (including phenoxy) is 2. The van der Waals surface area contributed by atoms with Gasteiger partial charge in [0.2, 0.25) is 5.88 Å². The Bertz CT molecular complexity index is 1570. The predicted molar refractivity (Wildman–Crippen MR) is 136 cm³/mol. The molecule has 0 bridgehead atoms. The second kappa shape index (κ2) is 10.5. The molecule has 0 spiro atoms. The van der Waals surface area contributed by atoms with Crippen molar-refractivity contribution >= 4 is 39.1 Å². The lowest BCUT2D eigenvalue weighted by Crippen LogP contribution is -2.13. The van der Waals surface area contributed by atoms with Crippen LogP contribution in [0.2, 0.25) is 0 Å². The number of carbonyl (C=O) groups excluding carboxylic acids is 1. The van der Waals surface area contributed by atoms with Crippen molar-refractivity contribution < 1.29 is 19.2 Å².